The van der Waals surface area contributed by atoms with Crippen LogP contribution in [-0.2, 0) is 6.61 Å². The number of carbonyl (C=O) groups is 1. The maximum absolute atomic E-state index is 13.4. The first-order valence-corrected chi connectivity index (χ1v) is 12.4. The molecule has 0 radical (unpaired) electrons. The van der Waals surface area contributed by atoms with Gasteiger partial charge < -0.3 is 14.6 Å². The van der Waals surface area contributed by atoms with Gasteiger partial charge in [-0.1, -0.05) is 54.6 Å². The number of hydrogen-bond donors (Lipinski definition) is 1. The summed E-state index contributed by atoms with van der Waals surface area (Å²) in [5.41, 5.74) is 2.70. The lowest BCUT2D eigenvalue weighted by atomic mass is 10.1. The molecular weight excluding hydrogens is 494 g/mol. The first-order chi connectivity index (χ1) is 19.0. The van der Waals surface area contributed by atoms with E-state index in [9.17, 15) is 14.7 Å². The Morgan fingerprint density at radius 3 is 2.51 bits per heavy atom. The minimum Gasteiger partial charge on any atom is -0.490 e. The van der Waals surface area contributed by atoms with Gasteiger partial charge in [0.15, 0.2) is 17.3 Å². The number of aromatic carboxylic acids is 1. The Balaban J connectivity index is 1.47. The number of aromatic nitrogens is 2. The molecule has 1 N–H and O–H groups in total. The van der Waals surface area contributed by atoms with Gasteiger partial charge in [0.1, 0.15) is 6.61 Å². The predicted molar refractivity (Wildman–Crippen MR) is 150 cm³/mol. The third-order valence-electron chi connectivity index (χ3n) is 5.94. The van der Waals surface area contributed by atoms with Crippen LogP contribution < -0.4 is 15.0 Å². The highest BCUT2D eigenvalue weighted by Gasteiger charge is 2.13. The first kappa shape index (κ1) is 25.4. The minimum absolute atomic E-state index is 0.174. The van der Waals surface area contributed by atoms with E-state index in [1.165, 1.54) is 10.7 Å². The number of rotatable bonds is 9. The fourth-order valence-corrected chi connectivity index (χ4v) is 4.08. The Morgan fingerprint density at radius 2 is 1.72 bits per heavy atom. The van der Waals surface area contributed by atoms with E-state index in [1.54, 1.807) is 54.7 Å². The number of nitrogens with zero attached hydrogens (tertiary/aromatic N) is 3. The summed E-state index contributed by atoms with van der Waals surface area (Å²) in [6.45, 7) is 2.46. The molecule has 5 aromatic rings. The zero-order valence-corrected chi connectivity index (χ0v) is 21.2. The molecule has 1 aromatic heterocycles. The van der Waals surface area contributed by atoms with Crippen LogP contribution in [0.4, 0.5) is 0 Å². The van der Waals surface area contributed by atoms with Crippen LogP contribution in [0, 0.1) is 0 Å². The van der Waals surface area contributed by atoms with Gasteiger partial charge in [-0.25, -0.2) is 9.78 Å². The van der Waals surface area contributed by atoms with Crippen LogP contribution in [0.15, 0.2) is 107 Å². The lowest BCUT2D eigenvalue weighted by Gasteiger charge is -2.13. The third kappa shape index (κ3) is 5.70. The maximum Gasteiger partial charge on any atom is 0.335 e. The summed E-state index contributed by atoms with van der Waals surface area (Å²) in [6.07, 6.45) is 1.58. The van der Waals surface area contributed by atoms with Crippen molar-refractivity contribution in [2.75, 3.05) is 6.61 Å². The van der Waals surface area contributed by atoms with Gasteiger partial charge in [-0.15, -0.1) is 0 Å². The molecule has 0 unspecified atom stereocenters. The van der Waals surface area contributed by atoms with Crippen LogP contribution >= 0.6 is 0 Å². The lowest BCUT2D eigenvalue weighted by Crippen LogP contribution is -2.20. The standard InChI is InChI=1S/C31H25N3O5/c1-2-38-28-18-21(15-16-27(28)39-20-22-9-8-12-24(17-22)31(36)37)19-32-34-29(23-10-4-3-5-11-23)33-26-14-7-6-13-25(26)30(34)35/h3-19H,2,20H2,1H3,(H,36,37). The average molecular weight is 520 g/mol. The summed E-state index contributed by atoms with van der Waals surface area (Å²) in [7, 11) is 0. The largest absolute Gasteiger partial charge is 0.490 e. The molecule has 5 rings (SSSR count). The highest BCUT2D eigenvalue weighted by Crippen LogP contribution is 2.29. The second kappa shape index (κ2) is 11.4. The fraction of sp³-hybridized carbons (Fsp3) is 0.0968. The predicted octanol–water partition coefficient (Wildman–Crippen LogP) is 5.62. The van der Waals surface area contributed by atoms with Gasteiger partial charge in [0, 0.05) is 5.56 Å². The van der Waals surface area contributed by atoms with E-state index in [4.69, 9.17) is 14.5 Å². The van der Waals surface area contributed by atoms with Gasteiger partial charge in [0.2, 0.25) is 0 Å². The van der Waals surface area contributed by atoms with Gasteiger partial charge in [-0.3, -0.25) is 4.79 Å². The zero-order chi connectivity index (χ0) is 27.2. The van der Waals surface area contributed by atoms with E-state index in [-0.39, 0.29) is 17.7 Å². The molecule has 39 heavy (non-hydrogen) atoms. The van der Waals surface area contributed by atoms with E-state index >= 15 is 0 Å². The number of ether oxygens (including phenoxy) is 2. The van der Waals surface area contributed by atoms with Crippen LogP contribution in [-0.4, -0.2) is 33.6 Å². The molecule has 8 nitrogen and oxygen atoms in total. The number of carboxylic acid groups (broad SMARTS) is 1. The highest BCUT2D eigenvalue weighted by atomic mass is 16.5. The monoisotopic (exact) mass is 519 g/mol. The summed E-state index contributed by atoms with van der Waals surface area (Å²) in [4.78, 5) is 29.4. The zero-order valence-electron chi connectivity index (χ0n) is 21.2. The number of fused-ring (bicyclic) bond motifs is 1. The average Bonchev–Trinajstić information content (AvgIpc) is 2.97. The topological polar surface area (TPSA) is 103 Å². The Bertz CT molecular complexity index is 1730. The van der Waals surface area contributed by atoms with E-state index in [1.807, 2.05) is 49.4 Å². The summed E-state index contributed by atoms with van der Waals surface area (Å²) in [5.74, 6) is 0.447. The molecule has 0 amide bonds. The van der Waals surface area contributed by atoms with E-state index in [0.29, 0.717) is 40.4 Å². The summed E-state index contributed by atoms with van der Waals surface area (Å²) >= 11 is 0. The molecule has 0 aliphatic heterocycles. The van der Waals surface area contributed by atoms with Gasteiger partial charge in [-0.2, -0.15) is 9.78 Å². The highest BCUT2D eigenvalue weighted by molar-refractivity contribution is 5.87. The van der Waals surface area contributed by atoms with Crippen LogP contribution in [0.3, 0.4) is 0 Å². The molecule has 8 heteroatoms. The van der Waals surface area contributed by atoms with Crippen molar-refractivity contribution in [2.45, 2.75) is 13.5 Å². The second-order valence-corrected chi connectivity index (χ2v) is 8.61. The Hall–Kier alpha value is -5.24. The van der Waals surface area contributed by atoms with Crippen molar-refractivity contribution in [1.29, 1.82) is 0 Å². The molecule has 0 saturated carbocycles. The van der Waals surface area contributed by atoms with Crippen molar-refractivity contribution >= 4 is 23.1 Å². The number of para-hydroxylation sites is 1. The Labute approximate surface area is 224 Å². The Kier molecular flexibility index (Phi) is 7.45. The number of hydrogen-bond acceptors (Lipinski definition) is 6. The quantitative estimate of drug-likeness (QED) is 0.254. The second-order valence-electron chi connectivity index (χ2n) is 8.61. The molecule has 0 atom stereocenters. The fourth-order valence-electron chi connectivity index (χ4n) is 4.08. The van der Waals surface area contributed by atoms with Crippen molar-refractivity contribution in [1.82, 2.24) is 9.66 Å². The van der Waals surface area contributed by atoms with Crippen molar-refractivity contribution in [3.05, 3.63) is 124 Å². The van der Waals surface area contributed by atoms with Gasteiger partial charge in [0.25, 0.3) is 5.56 Å². The smallest absolute Gasteiger partial charge is 0.335 e. The third-order valence-corrected chi connectivity index (χ3v) is 5.94. The summed E-state index contributed by atoms with van der Waals surface area (Å²) in [5, 5.41) is 14.2. The van der Waals surface area contributed by atoms with Gasteiger partial charge >= 0.3 is 5.97 Å². The van der Waals surface area contributed by atoms with Crippen molar-refractivity contribution < 1.29 is 19.4 Å². The van der Waals surface area contributed by atoms with E-state index in [2.05, 4.69) is 5.10 Å². The van der Waals surface area contributed by atoms with Crippen molar-refractivity contribution in [3.63, 3.8) is 0 Å². The van der Waals surface area contributed by atoms with E-state index in [0.717, 1.165) is 11.1 Å². The first-order valence-electron chi connectivity index (χ1n) is 12.4. The lowest BCUT2D eigenvalue weighted by molar-refractivity contribution is 0.0696. The molecule has 0 aliphatic carbocycles. The number of carboxylic acids is 1. The molecule has 1 heterocycles. The van der Waals surface area contributed by atoms with Crippen molar-refractivity contribution in [3.8, 4) is 22.9 Å². The normalized spacial score (nSPS) is 11.1. The Morgan fingerprint density at radius 1 is 0.923 bits per heavy atom. The molecule has 0 bridgehead atoms. The van der Waals surface area contributed by atoms with Gasteiger partial charge in [0.05, 0.1) is 29.3 Å². The van der Waals surface area contributed by atoms with E-state index < -0.39 is 5.97 Å². The van der Waals surface area contributed by atoms with Crippen LogP contribution in [0.25, 0.3) is 22.3 Å². The SMILES string of the molecule is CCOc1cc(C=Nn2c(-c3ccccc3)nc3ccccc3c2=O)ccc1OCc1cccc(C(=O)O)c1. The number of benzene rings is 4. The molecule has 4 aromatic carbocycles. The van der Waals surface area contributed by atoms with Crippen molar-refractivity contribution in [2.24, 2.45) is 5.10 Å². The molecule has 0 fully saturated rings. The maximum atomic E-state index is 13.4. The van der Waals surface area contributed by atoms with Crippen LogP contribution in [0.5, 0.6) is 11.5 Å². The summed E-state index contributed by atoms with van der Waals surface area (Å²) < 4.78 is 13.0. The van der Waals surface area contributed by atoms with Gasteiger partial charge in [-0.05, 0) is 60.5 Å². The molecule has 0 saturated heterocycles. The molecule has 194 valence electrons. The molecular formula is C31H25N3O5. The summed E-state index contributed by atoms with van der Waals surface area (Å²) in [6, 6.07) is 28.5. The molecule has 0 spiro atoms. The van der Waals surface area contributed by atoms with Crippen LogP contribution in [0.2, 0.25) is 0 Å². The minimum atomic E-state index is -0.994. The van der Waals surface area contributed by atoms with Crippen LogP contribution in [0.1, 0.15) is 28.4 Å². The molecule has 0 aliphatic rings.